The first kappa shape index (κ1) is 25.0. The normalized spacial score (nSPS) is 24.4. The van der Waals surface area contributed by atoms with Gasteiger partial charge in [-0.25, -0.2) is 0 Å². The number of ketones is 1. The zero-order valence-corrected chi connectivity index (χ0v) is 22.0. The molecule has 0 radical (unpaired) electrons. The second kappa shape index (κ2) is 10.8. The number of likely N-dealkylation sites (tertiary alicyclic amines) is 1. The van der Waals surface area contributed by atoms with Gasteiger partial charge >= 0.3 is 0 Å². The lowest BCUT2D eigenvalue weighted by Crippen LogP contribution is -2.43. The molecule has 6 rings (SSSR count). The molecule has 3 aromatic carbocycles. The maximum Gasteiger partial charge on any atom is 0.159 e. The molecule has 2 N–H and O–H groups in total. The monoisotopic (exact) mass is 508 g/mol. The van der Waals surface area contributed by atoms with Gasteiger partial charge in [-0.15, -0.1) is 0 Å². The van der Waals surface area contributed by atoms with E-state index >= 15 is 0 Å². The van der Waals surface area contributed by atoms with Crippen LogP contribution in [0.15, 0.2) is 77.8 Å². The smallest absolute Gasteiger partial charge is 0.159 e. The van der Waals surface area contributed by atoms with Crippen LogP contribution in [0.3, 0.4) is 0 Å². The summed E-state index contributed by atoms with van der Waals surface area (Å²) in [6, 6.07) is 25.0. The lowest BCUT2D eigenvalue weighted by Gasteiger charge is -2.30. The standard InChI is InChI=1S/C32H36N4O2/c1-22-5-4-7-26(17-22)36-21-34-30-19-33-29(18-31(38)32(30)36)24-11-9-23(10-12-24)28-8-3-2-6-25(28)20-35-15-13-27(37)14-16-35/h2-12,17,19,27,29-30,32,34,37H,13-16,18,20-21H2,1H3. The highest BCUT2D eigenvalue weighted by molar-refractivity contribution is 5.95. The molecule has 2 fully saturated rings. The van der Waals surface area contributed by atoms with Gasteiger partial charge in [-0.3, -0.25) is 20.0 Å². The third-order valence-electron chi connectivity index (χ3n) is 8.23. The van der Waals surface area contributed by atoms with Gasteiger partial charge in [0.1, 0.15) is 6.04 Å². The van der Waals surface area contributed by atoms with Crippen molar-refractivity contribution in [2.24, 2.45) is 4.99 Å². The van der Waals surface area contributed by atoms with Gasteiger partial charge in [0.15, 0.2) is 5.78 Å². The Morgan fingerprint density at radius 1 is 1.00 bits per heavy atom. The molecule has 0 aliphatic carbocycles. The van der Waals surface area contributed by atoms with Crippen LogP contribution in [0.25, 0.3) is 11.1 Å². The summed E-state index contributed by atoms with van der Waals surface area (Å²) in [6.45, 7) is 5.48. The molecule has 3 aliphatic rings. The summed E-state index contributed by atoms with van der Waals surface area (Å²) in [5, 5.41) is 13.3. The molecule has 0 spiro atoms. The fourth-order valence-corrected chi connectivity index (χ4v) is 6.08. The highest BCUT2D eigenvalue weighted by Crippen LogP contribution is 2.32. The van der Waals surface area contributed by atoms with Crippen LogP contribution in [0.4, 0.5) is 5.69 Å². The van der Waals surface area contributed by atoms with Crippen molar-refractivity contribution in [3.05, 3.63) is 89.5 Å². The Hall–Kier alpha value is -3.32. The molecule has 38 heavy (non-hydrogen) atoms. The molecule has 196 valence electrons. The molecular weight excluding hydrogens is 472 g/mol. The van der Waals surface area contributed by atoms with Gasteiger partial charge in [0, 0.05) is 38.0 Å². The van der Waals surface area contributed by atoms with Gasteiger partial charge in [0.2, 0.25) is 0 Å². The summed E-state index contributed by atoms with van der Waals surface area (Å²) < 4.78 is 0. The molecule has 6 nitrogen and oxygen atoms in total. The Kier molecular flexibility index (Phi) is 7.11. The van der Waals surface area contributed by atoms with E-state index in [0.717, 1.165) is 43.7 Å². The number of aryl methyl sites for hydroxylation is 1. The summed E-state index contributed by atoms with van der Waals surface area (Å²) >= 11 is 0. The van der Waals surface area contributed by atoms with Crippen LogP contribution in [0.2, 0.25) is 0 Å². The van der Waals surface area contributed by atoms with E-state index in [1.165, 1.54) is 22.3 Å². The largest absolute Gasteiger partial charge is 0.393 e. The summed E-state index contributed by atoms with van der Waals surface area (Å²) in [7, 11) is 0. The number of hydrogen-bond donors (Lipinski definition) is 2. The molecular formula is C32H36N4O2. The van der Waals surface area contributed by atoms with E-state index in [-0.39, 0.29) is 30.0 Å². The Morgan fingerprint density at radius 3 is 2.58 bits per heavy atom. The molecule has 3 aromatic rings. The highest BCUT2D eigenvalue weighted by Gasteiger charge is 2.40. The van der Waals surface area contributed by atoms with Crippen molar-refractivity contribution in [3.8, 4) is 11.1 Å². The minimum absolute atomic E-state index is 0.0740. The molecule has 3 aliphatic heterocycles. The molecule has 3 heterocycles. The maximum absolute atomic E-state index is 13.5. The van der Waals surface area contributed by atoms with Crippen molar-refractivity contribution >= 4 is 17.7 Å². The number of aliphatic hydroxyl groups is 1. The molecule has 0 amide bonds. The number of anilines is 1. The fourth-order valence-electron chi connectivity index (χ4n) is 6.08. The number of piperidine rings is 1. The van der Waals surface area contributed by atoms with Crippen LogP contribution in [0.5, 0.6) is 0 Å². The van der Waals surface area contributed by atoms with Gasteiger partial charge in [-0.1, -0.05) is 60.7 Å². The van der Waals surface area contributed by atoms with E-state index in [9.17, 15) is 9.90 Å². The number of nitrogens with one attached hydrogen (secondary N) is 1. The lowest BCUT2D eigenvalue weighted by molar-refractivity contribution is -0.120. The molecule has 0 bridgehead atoms. The van der Waals surface area contributed by atoms with Crippen LogP contribution < -0.4 is 10.2 Å². The van der Waals surface area contributed by atoms with E-state index in [4.69, 9.17) is 4.99 Å². The number of aliphatic imine (C=N–C) groups is 1. The Labute approximate surface area is 225 Å². The fraction of sp³-hybridized carbons (Fsp3) is 0.375. The zero-order chi connectivity index (χ0) is 26.1. The van der Waals surface area contributed by atoms with Gasteiger partial charge in [0.05, 0.1) is 24.9 Å². The number of fused-ring (bicyclic) bond motifs is 1. The first-order valence-corrected chi connectivity index (χ1v) is 13.8. The number of carbonyl (C=O) groups excluding carboxylic acids is 1. The Bertz CT molecular complexity index is 1310. The van der Waals surface area contributed by atoms with Crippen LogP contribution >= 0.6 is 0 Å². The molecule has 0 saturated carbocycles. The van der Waals surface area contributed by atoms with Crippen LogP contribution in [-0.4, -0.2) is 60.0 Å². The zero-order valence-electron chi connectivity index (χ0n) is 22.0. The topological polar surface area (TPSA) is 68.2 Å². The molecule has 3 unspecified atom stereocenters. The second-order valence-corrected chi connectivity index (χ2v) is 10.9. The summed E-state index contributed by atoms with van der Waals surface area (Å²) in [5.74, 6) is 0.227. The third-order valence-corrected chi connectivity index (χ3v) is 8.23. The minimum Gasteiger partial charge on any atom is -0.393 e. The highest BCUT2D eigenvalue weighted by atomic mass is 16.3. The quantitative estimate of drug-likeness (QED) is 0.531. The molecule has 3 atom stereocenters. The number of hydrogen-bond acceptors (Lipinski definition) is 6. The van der Waals surface area contributed by atoms with Gasteiger partial charge in [0.25, 0.3) is 0 Å². The number of aliphatic hydroxyl groups excluding tert-OH is 1. The predicted octanol–water partition coefficient (Wildman–Crippen LogP) is 4.51. The van der Waals surface area contributed by atoms with Crippen molar-refractivity contribution in [3.63, 3.8) is 0 Å². The molecule has 0 aromatic heterocycles. The molecule has 2 saturated heterocycles. The lowest BCUT2D eigenvalue weighted by atomic mass is 9.94. The molecule has 6 heteroatoms. The van der Waals surface area contributed by atoms with Gasteiger partial charge in [-0.05, 0) is 59.7 Å². The van der Waals surface area contributed by atoms with Crippen molar-refractivity contribution < 1.29 is 9.90 Å². The number of nitrogens with zero attached hydrogens (tertiary/aromatic N) is 3. The van der Waals surface area contributed by atoms with E-state index in [1.807, 2.05) is 12.3 Å². The predicted molar refractivity (Wildman–Crippen MR) is 152 cm³/mol. The van der Waals surface area contributed by atoms with Crippen molar-refractivity contribution in [2.45, 2.75) is 57.0 Å². The van der Waals surface area contributed by atoms with Crippen LogP contribution in [-0.2, 0) is 11.3 Å². The summed E-state index contributed by atoms with van der Waals surface area (Å²) in [4.78, 5) is 23.0. The van der Waals surface area contributed by atoms with Crippen LogP contribution in [0, 0.1) is 6.92 Å². The van der Waals surface area contributed by atoms with E-state index in [0.29, 0.717) is 13.1 Å². The first-order valence-electron chi connectivity index (χ1n) is 13.8. The number of carbonyl (C=O) groups is 1. The maximum atomic E-state index is 13.5. The van der Waals surface area contributed by atoms with E-state index < -0.39 is 0 Å². The number of benzene rings is 3. The van der Waals surface area contributed by atoms with Gasteiger partial charge in [-0.2, -0.15) is 0 Å². The average Bonchev–Trinajstić information content (AvgIpc) is 3.30. The van der Waals surface area contributed by atoms with Crippen molar-refractivity contribution in [2.75, 3.05) is 24.7 Å². The first-order chi connectivity index (χ1) is 18.5. The van der Waals surface area contributed by atoms with E-state index in [1.54, 1.807) is 0 Å². The van der Waals surface area contributed by atoms with Crippen molar-refractivity contribution in [1.82, 2.24) is 10.2 Å². The average molecular weight is 509 g/mol. The Balaban J connectivity index is 1.18. The summed E-state index contributed by atoms with van der Waals surface area (Å²) in [6.07, 6.45) is 3.89. The van der Waals surface area contributed by atoms with Crippen molar-refractivity contribution in [1.29, 1.82) is 0 Å². The number of Topliss-reactive ketones (excluding diaryl/α,β-unsaturated/α-hetero) is 1. The van der Waals surface area contributed by atoms with E-state index in [2.05, 4.69) is 88.8 Å². The minimum atomic E-state index is -0.229. The third kappa shape index (κ3) is 5.17. The second-order valence-electron chi connectivity index (χ2n) is 10.9. The Morgan fingerprint density at radius 2 is 1.79 bits per heavy atom. The summed E-state index contributed by atoms with van der Waals surface area (Å²) in [5.41, 5.74) is 7.05. The SMILES string of the molecule is Cc1cccc(N2CNC3C=NC(c4ccc(-c5ccccc5CN5CCC(O)CC5)cc4)CC(=O)C32)c1. The number of rotatable bonds is 5. The van der Waals surface area contributed by atoms with Crippen LogP contribution in [0.1, 0.15) is 42.0 Å². The van der Waals surface area contributed by atoms with Gasteiger partial charge < -0.3 is 10.0 Å².